The molecule has 3 rings (SSSR count). The van der Waals surface area contributed by atoms with Gasteiger partial charge in [0.2, 0.25) is 5.91 Å². The van der Waals surface area contributed by atoms with Crippen molar-refractivity contribution in [3.8, 4) is 0 Å². The predicted molar refractivity (Wildman–Crippen MR) is 88.1 cm³/mol. The number of carbonyl (C=O) groups is 1. The van der Waals surface area contributed by atoms with Gasteiger partial charge in [-0.3, -0.25) is 4.79 Å². The van der Waals surface area contributed by atoms with Crippen molar-refractivity contribution in [1.82, 2.24) is 5.32 Å². The average Bonchev–Trinajstić information content (AvgIpc) is 3.30. The first-order chi connectivity index (χ1) is 10.1. The van der Waals surface area contributed by atoms with Crippen LogP contribution in [0.3, 0.4) is 0 Å². The molecule has 2 aliphatic rings. The molecule has 0 atom stereocenters. The van der Waals surface area contributed by atoms with Crippen LogP contribution in [0.4, 0.5) is 5.69 Å². The predicted octanol–water partition coefficient (Wildman–Crippen LogP) is 2.40. The number of rotatable bonds is 5. The van der Waals surface area contributed by atoms with Crippen LogP contribution in [-0.2, 0) is 11.3 Å². The Morgan fingerprint density at radius 1 is 1.29 bits per heavy atom. The summed E-state index contributed by atoms with van der Waals surface area (Å²) in [5, 5.41) is 3.54. The lowest BCUT2D eigenvalue weighted by molar-refractivity contribution is -0.122. The highest BCUT2D eigenvalue weighted by Crippen LogP contribution is 2.28. The maximum absolute atomic E-state index is 11.2. The Morgan fingerprint density at radius 3 is 2.57 bits per heavy atom. The zero-order valence-corrected chi connectivity index (χ0v) is 13.7. The Balaban J connectivity index is 1.60. The normalized spacial score (nSPS) is 19.8. The van der Waals surface area contributed by atoms with Crippen LogP contribution in [-0.4, -0.2) is 25.0 Å². The Morgan fingerprint density at radius 2 is 2.00 bits per heavy atom. The van der Waals surface area contributed by atoms with Crippen LogP contribution >= 0.6 is 15.9 Å². The summed E-state index contributed by atoms with van der Waals surface area (Å²) in [5.41, 5.74) is 7.91. The second-order valence-electron chi connectivity index (χ2n) is 6.09. The molecule has 0 radical (unpaired) electrons. The second kappa shape index (κ2) is 6.36. The lowest BCUT2D eigenvalue weighted by atomic mass is 9.96. The second-order valence-corrected chi connectivity index (χ2v) is 6.95. The van der Waals surface area contributed by atoms with Gasteiger partial charge >= 0.3 is 0 Å². The van der Waals surface area contributed by atoms with E-state index in [0.29, 0.717) is 0 Å². The average molecular weight is 352 g/mol. The molecule has 3 N–H and O–H groups in total. The van der Waals surface area contributed by atoms with E-state index in [-0.39, 0.29) is 11.8 Å². The molecule has 4 nitrogen and oxygen atoms in total. The molecule has 0 spiro atoms. The highest BCUT2D eigenvalue weighted by molar-refractivity contribution is 9.10. The number of amides is 1. The topological polar surface area (TPSA) is 58.4 Å². The number of nitrogens with one attached hydrogen (secondary N) is 1. The first-order valence-corrected chi connectivity index (χ1v) is 8.49. The van der Waals surface area contributed by atoms with Gasteiger partial charge in [0.1, 0.15) is 0 Å². The van der Waals surface area contributed by atoms with E-state index in [2.05, 4.69) is 44.3 Å². The third-order valence-corrected chi connectivity index (χ3v) is 5.20. The summed E-state index contributed by atoms with van der Waals surface area (Å²) in [6, 6.07) is 7.28. The Bertz CT molecular complexity index is 522. The molecule has 5 heteroatoms. The Kier molecular flexibility index (Phi) is 4.50. The number of hydrogen-bond donors (Lipinski definition) is 2. The molecule has 1 aromatic rings. The van der Waals surface area contributed by atoms with Gasteiger partial charge in [0.15, 0.2) is 0 Å². The quantitative estimate of drug-likeness (QED) is 0.856. The van der Waals surface area contributed by atoms with Crippen molar-refractivity contribution in [2.24, 2.45) is 11.7 Å². The number of benzene rings is 1. The van der Waals surface area contributed by atoms with Gasteiger partial charge in [-0.25, -0.2) is 0 Å². The summed E-state index contributed by atoms with van der Waals surface area (Å²) >= 11 is 3.68. The van der Waals surface area contributed by atoms with Gasteiger partial charge < -0.3 is 16.0 Å². The summed E-state index contributed by atoms with van der Waals surface area (Å²) in [6.07, 6.45) is 4.34. The monoisotopic (exact) mass is 351 g/mol. The zero-order valence-electron chi connectivity index (χ0n) is 12.1. The fraction of sp³-hybridized carbons (Fsp3) is 0.562. The molecule has 21 heavy (non-hydrogen) atoms. The third-order valence-electron chi connectivity index (χ3n) is 4.46. The number of nitrogens with zero attached hydrogens (tertiary/aromatic N) is 1. The molecule has 0 bridgehead atoms. The minimum Gasteiger partial charge on any atom is -0.371 e. The van der Waals surface area contributed by atoms with Gasteiger partial charge in [-0.15, -0.1) is 0 Å². The lowest BCUT2D eigenvalue weighted by Gasteiger charge is -2.32. The number of hydrogen-bond acceptors (Lipinski definition) is 3. The van der Waals surface area contributed by atoms with Gasteiger partial charge in [0.05, 0.1) is 0 Å². The molecule has 1 aliphatic heterocycles. The number of nitrogens with two attached hydrogens (primary N) is 1. The first-order valence-electron chi connectivity index (χ1n) is 7.69. The number of carbonyl (C=O) groups excluding carboxylic acids is 1. The minimum absolute atomic E-state index is 0.0479. The maximum atomic E-state index is 11.2. The van der Waals surface area contributed by atoms with E-state index >= 15 is 0 Å². The number of halogens is 1. The van der Waals surface area contributed by atoms with Crippen molar-refractivity contribution in [3.63, 3.8) is 0 Å². The van der Waals surface area contributed by atoms with E-state index in [1.807, 2.05) is 0 Å². The molecule has 1 saturated heterocycles. The maximum Gasteiger partial charge on any atom is 0.220 e. The van der Waals surface area contributed by atoms with E-state index in [0.717, 1.165) is 43.0 Å². The van der Waals surface area contributed by atoms with E-state index < -0.39 is 0 Å². The Labute approximate surface area is 134 Å². The third kappa shape index (κ3) is 3.77. The fourth-order valence-corrected chi connectivity index (χ4v) is 3.35. The Hall–Kier alpha value is -1.07. The molecule has 1 amide bonds. The summed E-state index contributed by atoms with van der Waals surface area (Å²) in [7, 11) is 0. The van der Waals surface area contributed by atoms with Crippen LogP contribution in [0.25, 0.3) is 0 Å². The molecule has 0 unspecified atom stereocenters. The molecule has 2 fully saturated rings. The van der Waals surface area contributed by atoms with E-state index in [1.54, 1.807) is 0 Å². The highest BCUT2D eigenvalue weighted by Gasteiger charge is 2.24. The molecule has 1 saturated carbocycles. The molecule has 1 aromatic carbocycles. The van der Waals surface area contributed by atoms with Crippen LogP contribution in [0.5, 0.6) is 0 Å². The van der Waals surface area contributed by atoms with Gasteiger partial charge in [-0.2, -0.15) is 0 Å². The highest BCUT2D eigenvalue weighted by atomic mass is 79.9. The van der Waals surface area contributed by atoms with Crippen molar-refractivity contribution in [1.29, 1.82) is 0 Å². The van der Waals surface area contributed by atoms with Crippen molar-refractivity contribution in [3.05, 3.63) is 28.2 Å². The molecular formula is C16H22BrN3O. The SMILES string of the molecule is NC(=O)C1CCN(c2ccc(CNC3CC3)c(Br)c2)CC1. The van der Waals surface area contributed by atoms with E-state index in [1.165, 1.54) is 24.1 Å². The van der Waals surface area contributed by atoms with Crippen LogP contribution in [0.15, 0.2) is 22.7 Å². The van der Waals surface area contributed by atoms with Crippen LogP contribution < -0.4 is 16.0 Å². The standard InChI is InChI=1S/C16H22BrN3O/c17-15-9-14(4-1-12(15)10-19-13-2-3-13)20-7-5-11(6-8-20)16(18)21/h1,4,9,11,13,19H,2-3,5-8,10H2,(H2,18,21). The van der Waals surface area contributed by atoms with E-state index in [9.17, 15) is 4.79 Å². The molecule has 1 heterocycles. The van der Waals surface area contributed by atoms with Crippen molar-refractivity contribution in [2.75, 3.05) is 18.0 Å². The summed E-state index contributed by atoms with van der Waals surface area (Å²) < 4.78 is 1.16. The zero-order chi connectivity index (χ0) is 14.8. The largest absolute Gasteiger partial charge is 0.371 e. The van der Waals surface area contributed by atoms with Crippen molar-refractivity contribution < 1.29 is 4.79 Å². The molecule has 1 aliphatic carbocycles. The first kappa shape index (κ1) is 14.9. The molecular weight excluding hydrogens is 330 g/mol. The lowest BCUT2D eigenvalue weighted by Crippen LogP contribution is -2.38. The summed E-state index contributed by atoms with van der Waals surface area (Å²) in [5.74, 6) is -0.107. The number of primary amides is 1. The number of anilines is 1. The van der Waals surface area contributed by atoms with Crippen LogP contribution in [0, 0.1) is 5.92 Å². The summed E-state index contributed by atoms with van der Waals surface area (Å²) in [6.45, 7) is 2.73. The summed E-state index contributed by atoms with van der Waals surface area (Å²) in [4.78, 5) is 13.6. The molecule has 0 aromatic heterocycles. The van der Waals surface area contributed by atoms with Gasteiger partial charge in [0.25, 0.3) is 0 Å². The van der Waals surface area contributed by atoms with Crippen molar-refractivity contribution in [2.45, 2.75) is 38.3 Å². The van der Waals surface area contributed by atoms with Crippen LogP contribution in [0.2, 0.25) is 0 Å². The van der Waals surface area contributed by atoms with E-state index in [4.69, 9.17) is 5.73 Å². The van der Waals surface area contributed by atoms with Gasteiger partial charge in [-0.1, -0.05) is 22.0 Å². The fourth-order valence-electron chi connectivity index (χ4n) is 2.84. The molecule has 114 valence electrons. The number of piperidine rings is 1. The van der Waals surface area contributed by atoms with Crippen molar-refractivity contribution >= 4 is 27.5 Å². The van der Waals surface area contributed by atoms with Crippen LogP contribution in [0.1, 0.15) is 31.2 Å². The minimum atomic E-state index is -0.155. The van der Waals surface area contributed by atoms with Gasteiger partial charge in [0, 0.05) is 41.8 Å². The van der Waals surface area contributed by atoms with Gasteiger partial charge in [-0.05, 0) is 43.4 Å². The smallest absolute Gasteiger partial charge is 0.220 e.